The van der Waals surface area contributed by atoms with Crippen LogP contribution in [0.3, 0.4) is 0 Å². The van der Waals surface area contributed by atoms with Gasteiger partial charge in [0.25, 0.3) is 5.91 Å². The molecule has 6 nitrogen and oxygen atoms in total. The molecule has 0 aliphatic carbocycles. The second-order valence-corrected chi connectivity index (χ2v) is 7.69. The van der Waals surface area contributed by atoms with Crippen molar-refractivity contribution in [3.05, 3.63) is 89.6 Å². The van der Waals surface area contributed by atoms with Crippen molar-refractivity contribution < 1.29 is 4.79 Å². The minimum atomic E-state index is 0.0163. The van der Waals surface area contributed by atoms with Crippen molar-refractivity contribution in [3.63, 3.8) is 0 Å². The lowest BCUT2D eigenvalue weighted by atomic mass is 10.1. The highest BCUT2D eigenvalue weighted by molar-refractivity contribution is 5.94. The molecular weight excluding hydrogens is 398 g/mol. The number of rotatable bonds is 8. The van der Waals surface area contributed by atoms with Gasteiger partial charge in [-0.3, -0.25) is 9.78 Å². The van der Waals surface area contributed by atoms with Crippen LogP contribution in [0.25, 0.3) is 11.3 Å². The van der Waals surface area contributed by atoms with E-state index < -0.39 is 0 Å². The molecule has 1 amide bonds. The monoisotopic (exact) mass is 429 g/mol. The van der Waals surface area contributed by atoms with Crippen LogP contribution in [0.15, 0.2) is 77.9 Å². The highest BCUT2D eigenvalue weighted by Gasteiger charge is 2.08. The Kier molecular flexibility index (Phi) is 8.37. The molecule has 0 atom stereocenters. The first kappa shape index (κ1) is 23.0. The number of hydrogen-bond acceptors (Lipinski definition) is 3. The Bertz CT molecular complexity index is 1050. The average Bonchev–Trinajstić information content (AvgIpc) is 2.83. The summed E-state index contributed by atoms with van der Waals surface area (Å²) in [5, 5.41) is 6.68. The van der Waals surface area contributed by atoms with Crippen molar-refractivity contribution in [2.24, 2.45) is 4.99 Å². The lowest BCUT2D eigenvalue weighted by Crippen LogP contribution is -2.38. The van der Waals surface area contributed by atoms with Gasteiger partial charge in [0, 0.05) is 44.5 Å². The van der Waals surface area contributed by atoms with Crippen LogP contribution in [-0.4, -0.2) is 48.9 Å². The maximum atomic E-state index is 12.2. The van der Waals surface area contributed by atoms with Gasteiger partial charge < -0.3 is 15.5 Å². The standard InChI is InChI=1S/C26H31N5O/c1-4-27-26(29-16-14-20-9-7-12-23(17-20)25(32)31(2)3)30-19-21-10-8-11-22(18-21)24-13-5-6-15-28-24/h5-13,15,17-18H,4,14,16,19H2,1-3H3,(H2,27,29,30). The van der Waals surface area contributed by atoms with Gasteiger partial charge >= 0.3 is 0 Å². The number of amides is 1. The van der Waals surface area contributed by atoms with Crippen LogP contribution in [0.2, 0.25) is 0 Å². The number of aliphatic imine (C=N–C) groups is 1. The topological polar surface area (TPSA) is 69.6 Å². The summed E-state index contributed by atoms with van der Waals surface area (Å²) in [5.41, 5.74) is 4.99. The number of nitrogens with zero attached hydrogens (tertiary/aromatic N) is 3. The summed E-state index contributed by atoms with van der Waals surface area (Å²) in [5.74, 6) is 0.791. The fraction of sp³-hybridized carbons (Fsp3) is 0.269. The third kappa shape index (κ3) is 6.67. The van der Waals surface area contributed by atoms with E-state index in [4.69, 9.17) is 4.99 Å². The molecule has 3 rings (SSSR count). The Morgan fingerprint density at radius 3 is 2.53 bits per heavy atom. The van der Waals surface area contributed by atoms with Crippen molar-refractivity contribution in [1.82, 2.24) is 20.5 Å². The zero-order valence-corrected chi connectivity index (χ0v) is 19.0. The minimum absolute atomic E-state index is 0.0163. The van der Waals surface area contributed by atoms with E-state index in [2.05, 4.69) is 40.7 Å². The van der Waals surface area contributed by atoms with Crippen molar-refractivity contribution in [3.8, 4) is 11.3 Å². The van der Waals surface area contributed by atoms with E-state index in [9.17, 15) is 4.79 Å². The Morgan fingerprint density at radius 2 is 1.78 bits per heavy atom. The smallest absolute Gasteiger partial charge is 0.253 e. The number of benzene rings is 2. The largest absolute Gasteiger partial charge is 0.357 e. The summed E-state index contributed by atoms with van der Waals surface area (Å²) in [6.45, 7) is 4.13. The number of hydrogen-bond donors (Lipinski definition) is 2. The molecule has 0 radical (unpaired) electrons. The molecule has 0 bridgehead atoms. The highest BCUT2D eigenvalue weighted by Crippen LogP contribution is 2.18. The van der Waals surface area contributed by atoms with E-state index in [1.54, 1.807) is 25.2 Å². The van der Waals surface area contributed by atoms with Crippen LogP contribution >= 0.6 is 0 Å². The first-order valence-electron chi connectivity index (χ1n) is 10.9. The van der Waals surface area contributed by atoms with Crippen LogP contribution in [-0.2, 0) is 13.0 Å². The summed E-state index contributed by atoms with van der Waals surface area (Å²) < 4.78 is 0. The van der Waals surface area contributed by atoms with E-state index in [1.165, 1.54) is 0 Å². The maximum Gasteiger partial charge on any atom is 0.253 e. The molecule has 6 heteroatoms. The molecule has 2 N–H and O–H groups in total. The van der Waals surface area contributed by atoms with Gasteiger partial charge in [-0.1, -0.05) is 36.4 Å². The third-order valence-corrected chi connectivity index (χ3v) is 4.94. The Morgan fingerprint density at radius 1 is 0.969 bits per heavy atom. The van der Waals surface area contributed by atoms with Crippen molar-refractivity contribution in [2.45, 2.75) is 19.9 Å². The summed E-state index contributed by atoms with van der Waals surface area (Å²) >= 11 is 0. The van der Waals surface area contributed by atoms with Crippen LogP contribution in [0, 0.1) is 0 Å². The summed E-state index contributed by atoms with van der Waals surface area (Å²) in [7, 11) is 3.53. The second-order valence-electron chi connectivity index (χ2n) is 7.69. The molecule has 0 spiro atoms. The Labute approximate surface area is 190 Å². The molecular formula is C26H31N5O. The molecule has 0 aliphatic rings. The fourth-order valence-corrected chi connectivity index (χ4v) is 3.32. The van der Waals surface area contributed by atoms with Crippen LogP contribution in [0.1, 0.15) is 28.4 Å². The molecule has 166 valence electrons. The highest BCUT2D eigenvalue weighted by atomic mass is 16.2. The van der Waals surface area contributed by atoms with E-state index in [1.807, 2.05) is 48.5 Å². The summed E-state index contributed by atoms with van der Waals surface area (Å²) in [4.78, 5) is 22.9. The lowest BCUT2D eigenvalue weighted by Gasteiger charge is -2.13. The summed E-state index contributed by atoms with van der Waals surface area (Å²) in [6.07, 6.45) is 2.60. The number of guanidine groups is 1. The third-order valence-electron chi connectivity index (χ3n) is 4.94. The van der Waals surface area contributed by atoms with Crippen molar-refractivity contribution >= 4 is 11.9 Å². The molecule has 32 heavy (non-hydrogen) atoms. The number of nitrogens with one attached hydrogen (secondary N) is 2. The maximum absolute atomic E-state index is 12.2. The van der Waals surface area contributed by atoms with Gasteiger partial charge in [0.15, 0.2) is 5.96 Å². The molecule has 0 saturated carbocycles. The lowest BCUT2D eigenvalue weighted by molar-refractivity contribution is 0.0827. The normalized spacial score (nSPS) is 11.2. The van der Waals surface area contributed by atoms with E-state index in [0.29, 0.717) is 12.1 Å². The predicted octanol–water partition coefficient (Wildman–Crippen LogP) is 3.75. The van der Waals surface area contributed by atoms with Crippen LogP contribution in [0.4, 0.5) is 0 Å². The summed E-state index contributed by atoms with van der Waals surface area (Å²) in [6, 6.07) is 22.0. The van der Waals surface area contributed by atoms with Gasteiger partial charge in [0.05, 0.1) is 12.2 Å². The van der Waals surface area contributed by atoms with Gasteiger partial charge in [-0.05, 0) is 54.8 Å². The van der Waals surface area contributed by atoms with Gasteiger partial charge in [-0.2, -0.15) is 0 Å². The van der Waals surface area contributed by atoms with Gasteiger partial charge in [-0.25, -0.2) is 4.99 Å². The molecule has 0 aliphatic heterocycles. The quantitative estimate of drug-likeness (QED) is 0.423. The first-order chi connectivity index (χ1) is 15.6. The SMILES string of the molecule is CCNC(=NCc1cccc(-c2ccccn2)c1)NCCc1cccc(C(=O)N(C)C)c1. The fourth-order valence-electron chi connectivity index (χ4n) is 3.32. The molecule has 1 heterocycles. The zero-order chi connectivity index (χ0) is 22.8. The van der Waals surface area contributed by atoms with Crippen LogP contribution in [0.5, 0.6) is 0 Å². The van der Waals surface area contributed by atoms with Gasteiger partial charge in [0.2, 0.25) is 0 Å². The molecule has 0 unspecified atom stereocenters. The number of aromatic nitrogens is 1. The first-order valence-corrected chi connectivity index (χ1v) is 10.9. The van der Waals surface area contributed by atoms with Gasteiger partial charge in [-0.15, -0.1) is 0 Å². The Balaban J connectivity index is 1.60. The number of carbonyl (C=O) groups is 1. The van der Waals surface area contributed by atoms with Crippen molar-refractivity contribution in [2.75, 3.05) is 27.2 Å². The molecule has 0 fully saturated rings. The number of carbonyl (C=O) groups excluding carboxylic acids is 1. The van der Waals surface area contributed by atoms with Gasteiger partial charge in [0.1, 0.15) is 0 Å². The molecule has 2 aromatic carbocycles. The minimum Gasteiger partial charge on any atom is -0.357 e. The van der Waals surface area contributed by atoms with E-state index >= 15 is 0 Å². The van der Waals surface area contributed by atoms with E-state index in [-0.39, 0.29) is 5.91 Å². The number of pyridine rings is 1. The zero-order valence-electron chi connectivity index (χ0n) is 19.0. The van der Waals surface area contributed by atoms with Crippen LogP contribution < -0.4 is 10.6 Å². The Hall–Kier alpha value is -3.67. The predicted molar refractivity (Wildman–Crippen MR) is 131 cm³/mol. The molecule has 1 aromatic heterocycles. The molecule has 3 aromatic rings. The molecule has 0 saturated heterocycles. The van der Waals surface area contributed by atoms with Crippen molar-refractivity contribution in [1.29, 1.82) is 0 Å². The average molecular weight is 430 g/mol. The second kappa shape index (κ2) is 11.6. The van der Waals surface area contributed by atoms with E-state index in [0.717, 1.165) is 47.9 Å².